The Labute approximate surface area is 120 Å². The van der Waals surface area contributed by atoms with Gasteiger partial charge in [0.2, 0.25) is 5.91 Å². The van der Waals surface area contributed by atoms with Crippen molar-refractivity contribution in [1.29, 1.82) is 0 Å². The van der Waals surface area contributed by atoms with Crippen LogP contribution in [0.3, 0.4) is 0 Å². The van der Waals surface area contributed by atoms with Gasteiger partial charge in [0.1, 0.15) is 6.04 Å². The largest absolute Gasteiger partial charge is 0.478 e. The minimum Gasteiger partial charge on any atom is -0.478 e. The fraction of sp³-hybridized carbons (Fsp3) is 0.357. The van der Waals surface area contributed by atoms with Crippen molar-refractivity contribution in [3.8, 4) is 0 Å². The van der Waals surface area contributed by atoms with Gasteiger partial charge in [-0.2, -0.15) is 0 Å². The van der Waals surface area contributed by atoms with Crippen LogP contribution in [0.25, 0.3) is 11.0 Å². The van der Waals surface area contributed by atoms with Crippen molar-refractivity contribution in [1.82, 2.24) is 14.9 Å². The highest BCUT2D eigenvalue weighted by Crippen LogP contribution is 2.17. The van der Waals surface area contributed by atoms with E-state index in [0.717, 1.165) is 0 Å². The van der Waals surface area contributed by atoms with Gasteiger partial charge in [-0.3, -0.25) is 9.36 Å². The molecular weight excluding hydrogens is 274 g/mol. The molecular formula is C14H17N3O4. The summed E-state index contributed by atoms with van der Waals surface area (Å²) in [6.45, 7) is 5.25. The Hall–Kier alpha value is -2.57. The number of carboxylic acid groups (broad SMARTS) is 1. The molecule has 0 saturated carbocycles. The lowest BCUT2D eigenvalue weighted by Crippen LogP contribution is -2.38. The molecule has 0 aliphatic rings. The van der Waals surface area contributed by atoms with Crippen LogP contribution in [-0.2, 0) is 4.79 Å². The number of carbonyl (C=O) groups is 2. The first-order chi connectivity index (χ1) is 9.81. The quantitative estimate of drug-likeness (QED) is 0.785. The molecule has 3 N–H and O–H groups in total. The fourth-order valence-electron chi connectivity index (χ4n) is 2.16. The molecule has 0 bridgehead atoms. The van der Waals surface area contributed by atoms with Crippen LogP contribution in [0.1, 0.15) is 37.2 Å². The third-order valence-corrected chi connectivity index (χ3v) is 3.16. The number of aromatic amines is 1. The molecule has 112 valence electrons. The standard InChI is InChI=1S/C14H17N3O4/c1-7(2)15-12(18)8(3)17-11-6-9(13(19)20)4-5-10(11)16-14(17)21/h4-8H,1-3H3,(H,15,18)(H,16,21)(H,19,20). The number of aromatic nitrogens is 2. The van der Waals surface area contributed by atoms with Crippen molar-refractivity contribution in [3.63, 3.8) is 0 Å². The Morgan fingerprint density at radius 2 is 1.95 bits per heavy atom. The number of benzene rings is 1. The number of carboxylic acids is 1. The first kappa shape index (κ1) is 14.8. The van der Waals surface area contributed by atoms with E-state index in [9.17, 15) is 14.4 Å². The van der Waals surface area contributed by atoms with Gasteiger partial charge >= 0.3 is 11.7 Å². The average molecular weight is 291 g/mol. The molecule has 0 aliphatic heterocycles. The molecule has 1 atom stereocenters. The third kappa shape index (κ3) is 2.81. The molecule has 1 amide bonds. The first-order valence-electron chi connectivity index (χ1n) is 6.59. The summed E-state index contributed by atoms with van der Waals surface area (Å²) in [5.41, 5.74) is 0.506. The summed E-state index contributed by atoms with van der Waals surface area (Å²) in [6.07, 6.45) is 0. The van der Waals surface area contributed by atoms with Gasteiger partial charge in [0, 0.05) is 6.04 Å². The summed E-state index contributed by atoms with van der Waals surface area (Å²) in [7, 11) is 0. The van der Waals surface area contributed by atoms with Gasteiger partial charge in [-0.05, 0) is 39.0 Å². The normalized spacial score (nSPS) is 12.6. The number of nitrogens with zero attached hydrogens (tertiary/aromatic N) is 1. The molecule has 0 aliphatic carbocycles. The Morgan fingerprint density at radius 3 is 2.52 bits per heavy atom. The first-order valence-corrected chi connectivity index (χ1v) is 6.59. The van der Waals surface area contributed by atoms with Crippen molar-refractivity contribution >= 4 is 22.9 Å². The van der Waals surface area contributed by atoms with Gasteiger partial charge in [0.25, 0.3) is 0 Å². The minimum atomic E-state index is -1.09. The zero-order chi connectivity index (χ0) is 15.7. The second-order valence-corrected chi connectivity index (χ2v) is 5.18. The van der Waals surface area contributed by atoms with Crippen LogP contribution in [0.5, 0.6) is 0 Å². The maximum Gasteiger partial charge on any atom is 0.335 e. The molecule has 1 aromatic heterocycles. The van der Waals surface area contributed by atoms with Crippen LogP contribution in [0.15, 0.2) is 23.0 Å². The topological polar surface area (TPSA) is 104 Å². The van der Waals surface area contributed by atoms with Crippen molar-refractivity contribution < 1.29 is 14.7 Å². The van der Waals surface area contributed by atoms with Gasteiger partial charge in [0.15, 0.2) is 0 Å². The molecule has 1 unspecified atom stereocenters. The van der Waals surface area contributed by atoms with Gasteiger partial charge in [-0.15, -0.1) is 0 Å². The molecule has 0 radical (unpaired) electrons. The summed E-state index contributed by atoms with van der Waals surface area (Å²) in [6, 6.07) is 3.52. The summed E-state index contributed by atoms with van der Waals surface area (Å²) in [5.74, 6) is -1.38. The van der Waals surface area contributed by atoms with E-state index in [1.807, 2.05) is 13.8 Å². The van der Waals surface area contributed by atoms with E-state index >= 15 is 0 Å². The van der Waals surface area contributed by atoms with Crippen molar-refractivity contribution in [2.75, 3.05) is 0 Å². The molecule has 7 heteroatoms. The van der Waals surface area contributed by atoms with E-state index in [1.54, 1.807) is 6.92 Å². The number of carbonyl (C=O) groups excluding carboxylic acids is 1. The Balaban J connectivity index is 2.54. The minimum absolute atomic E-state index is 0.0459. The zero-order valence-electron chi connectivity index (χ0n) is 12.0. The SMILES string of the molecule is CC(C)NC(=O)C(C)n1c(=O)[nH]c2ccc(C(=O)O)cc21. The summed E-state index contributed by atoms with van der Waals surface area (Å²) in [4.78, 5) is 37.7. The number of amides is 1. The molecule has 0 spiro atoms. The lowest BCUT2D eigenvalue weighted by atomic mass is 10.2. The molecule has 21 heavy (non-hydrogen) atoms. The maximum atomic E-state index is 12.1. The number of hydrogen-bond acceptors (Lipinski definition) is 3. The van der Waals surface area contributed by atoms with Gasteiger partial charge < -0.3 is 15.4 Å². The number of nitrogens with one attached hydrogen (secondary N) is 2. The Morgan fingerprint density at radius 1 is 1.29 bits per heavy atom. The fourth-order valence-corrected chi connectivity index (χ4v) is 2.16. The molecule has 1 aromatic carbocycles. The van der Waals surface area contributed by atoms with Crippen LogP contribution < -0.4 is 11.0 Å². The second-order valence-electron chi connectivity index (χ2n) is 5.18. The molecule has 2 rings (SSSR count). The van der Waals surface area contributed by atoms with Crippen LogP contribution in [0, 0.1) is 0 Å². The van der Waals surface area contributed by atoms with E-state index in [2.05, 4.69) is 10.3 Å². The molecule has 0 saturated heterocycles. The highest BCUT2D eigenvalue weighted by atomic mass is 16.4. The Bertz CT molecular complexity index is 757. The van der Waals surface area contributed by atoms with Crippen LogP contribution >= 0.6 is 0 Å². The lowest BCUT2D eigenvalue weighted by Gasteiger charge is -2.16. The highest BCUT2D eigenvalue weighted by molar-refractivity contribution is 5.93. The smallest absolute Gasteiger partial charge is 0.335 e. The van der Waals surface area contributed by atoms with Gasteiger partial charge in [-0.1, -0.05) is 0 Å². The van der Waals surface area contributed by atoms with Crippen molar-refractivity contribution in [2.45, 2.75) is 32.9 Å². The van der Waals surface area contributed by atoms with E-state index in [-0.39, 0.29) is 17.5 Å². The molecule has 1 heterocycles. The second kappa shape index (κ2) is 5.43. The van der Waals surface area contributed by atoms with Crippen LogP contribution in [0.2, 0.25) is 0 Å². The van der Waals surface area contributed by atoms with Crippen LogP contribution in [0.4, 0.5) is 0 Å². The van der Waals surface area contributed by atoms with E-state index < -0.39 is 17.7 Å². The summed E-state index contributed by atoms with van der Waals surface area (Å²) in [5, 5.41) is 11.8. The Kier molecular flexibility index (Phi) is 3.84. The number of aromatic carboxylic acids is 1. The van der Waals surface area contributed by atoms with Gasteiger partial charge in [-0.25, -0.2) is 9.59 Å². The predicted octanol–water partition coefficient (Wildman–Crippen LogP) is 1.11. The predicted molar refractivity (Wildman–Crippen MR) is 77.5 cm³/mol. The van der Waals surface area contributed by atoms with E-state index in [4.69, 9.17) is 5.11 Å². The molecule has 2 aromatic rings. The van der Waals surface area contributed by atoms with E-state index in [0.29, 0.717) is 11.0 Å². The van der Waals surface area contributed by atoms with E-state index in [1.165, 1.54) is 22.8 Å². The maximum absolute atomic E-state index is 12.1. The van der Waals surface area contributed by atoms with Gasteiger partial charge in [0.05, 0.1) is 16.6 Å². The molecule has 0 fully saturated rings. The lowest BCUT2D eigenvalue weighted by molar-refractivity contribution is -0.124. The average Bonchev–Trinajstić information content (AvgIpc) is 2.71. The van der Waals surface area contributed by atoms with Crippen molar-refractivity contribution in [3.05, 3.63) is 34.2 Å². The summed E-state index contributed by atoms with van der Waals surface area (Å²) < 4.78 is 1.26. The number of rotatable bonds is 4. The number of imidazole rings is 1. The molecule has 7 nitrogen and oxygen atoms in total. The zero-order valence-corrected chi connectivity index (χ0v) is 12.0. The highest BCUT2D eigenvalue weighted by Gasteiger charge is 2.21. The number of hydrogen-bond donors (Lipinski definition) is 3. The van der Waals surface area contributed by atoms with Crippen molar-refractivity contribution in [2.24, 2.45) is 0 Å². The number of H-pyrrole nitrogens is 1. The number of fused-ring (bicyclic) bond motifs is 1. The monoisotopic (exact) mass is 291 g/mol. The third-order valence-electron chi connectivity index (χ3n) is 3.16. The summed E-state index contributed by atoms with van der Waals surface area (Å²) >= 11 is 0. The van der Waals surface area contributed by atoms with Crippen LogP contribution in [-0.4, -0.2) is 32.6 Å².